The molecule has 0 aliphatic carbocycles. The van der Waals surface area contributed by atoms with E-state index >= 15 is 0 Å². The molecule has 2 nitrogen and oxygen atoms in total. The first-order chi connectivity index (χ1) is 7.74. The highest BCUT2D eigenvalue weighted by Gasteiger charge is 1.94. The molecular formula is C13H14N2S. The number of benzene rings is 2. The standard InChI is InChI=1S/C13H14N2S/c14-11-3-1-10(2-4-11)9-15-12-5-7-13(16)8-6-12/h1-8,15-16H,9,14H2. The monoisotopic (exact) mass is 230 g/mol. The van der Waals surface area contributed by atoms with Crippen molar-refractivity contribution in [3.63, 3.8) is 0 Å². The molecule has 2 aromatic rings. The summed E-state index contributed by atoms with van der Waals surface area (Å²) in [6, 6.07) is 15.8. The molecule has 0 aliphatic heterocycles. The zero-order valence-corrected chi connectivity index (χ0v) is 9.74. The van der Waals surface area contributed by atoms with Gasteiger partial charge in [-0.3, -0.25) is 0 Å². The largest absolute Gasteiger partial charge is 0.399 e. The van der Waals surface area contributed by atoms with E-state index in [1.54, 1.807) is 0 Å². The van der Waals surface area contributed by atoms with Crippen molar-refractivity contribution in [1.29, 1.82) is 0 Å². The fraction of sp³-hybridized carbons (Fsp3) is 0.0769. The molecule has 0 bridgehead atoms. The zero-order valence-electron chi connectivity index (χ0n) is 8.85. The Morgan fingerprint density at radius 1 is 0.938 bits per heavy atom. The first-order valence-electron chi connectivity index (χ1n) is 5.11. The van der Waals surface area contributed by atoms with Gasteiger partial charge < -0.3 is 11.1 Å². The lowest BCUT2D eigenvalue weighted by Gasteiger charge is -2.06. The van der Waals surface area contributed by atoms with E-state index in [1.165, 1.54) is 5.56 Å². The van der Waals surface area contributed by atoms with Gasteiger partial charge in [0.1, 0.15) is 0 Å². The molecule has 16 heavy (non-hydrogen) atoms. The number of hydrogen-bond donors (Lipinski definition) is 3. The molecule has 0 radical (unpaired) electrons. The second-order valence-corrected chi connectivity index (χ2v) is 4.16. The molecule has 0 aliphatic rings. The fourth-order valence-corrected chi connectivity index (χ4v) is 1.57. The molecule has 3 heteroatoms. The van der Waals surface area contributed by atoms with Gasteiger partial charge in [-0.25, -0.2) is 0 Å². The predicted octanol–water partition coefficient (Wildman–Crippen LogP) is 3.17. The molecule has 3 N–H and O–H groups in total. The number of nitrogens with two attached hydrogens (primary N) is 1. The SMILES string of the molecule is Nc1ccc(CNc2ccc(S)cc2)cc1. The number of nitrogens with one attached hydrogen (secondary N) is 1. The van der Waals surface area contributed by atoms with Crippen molar-refractivity contribution < 1.29 is 0 Å². The smallest absolute Gasteiger partial charge is 0.0400 e. The van der Waals surface area contributed by atoms with E-state index in [0.717, 1.165) is 22.8 Å². The highest BCUT2D eigenvalue weighted by molar-refractivity contribution is 7.80. The zero-order chi connectivity index (χ0) is 11.4. The summed E-state index contributed by atoms with van der Waals surface area (Å²) < 4.78 is 0. The maximum absolute atomic E-state index is 5.62. The minimum atomic E-state index is 0.795. The van der Waals surface area contributed by atoms with Crippen LogP contribution < -0.4 is 11.1 Å². The van der Waals surface area contributed by atoms with Crippen LogP contribution in [0.4, 0.5) is 11.4 Å². The molecule has 0 fully saturated rings. The maximum atomic E-state index is 5.62. The first kappa shape index (κ1) is 10.9. The second-order valence-electron chi connectivity index (χ2n) is 3.64. The summed E-state index contributed by atoms with van der Waals surface area (Å²) in [6.45, 7) is 0.798. The summed E-state index contributed by atoms with van der Waals surface area (Å²) >= 11 is 4.24. The van der Waals surface area contributed by atoms with Crippen LogP contribution in [0.3, 0.4) is 0 Å². The predicted molar refractivity (Wildman–Crippen MR) is 71.9 cm³/mol. The van der Waals surface area contributed by atoms with Crippen molar-refractivity contribution >= 4 is 24.0 Å². The van der Waals surface area contributed by atoms with Crippen molar-refractivity contribution in [3.8, 4) is 0 Å². The maximum Gasteiger partial charge on any atom is 0.0400 e. The Labute approximate surface area is 101 Å². The molecule has 0 aromatic heterocycles. The van der Waals surface area contributed by atoms with Crippen molar-refractivity contribution in [3.05, 3.63) is 54.1 Å². The molecule has 82 valence electrons. The third-order valence-corrected chi connectivity index (χ3v) is 2.64. The normalized spacial score (nSPS) is 10.1. The highest BCUT2D eigenvalue weighted by atomic mass is 32.1. The minimum absolute atomic E-state index is 0.795. The van der Waals surface area contributed by atoms with Gasteiger partial charge in [0.15, 0.2) is 0 Å². The third kappa shape index (κ3) is 2.94. The molecule has 0 unspecified atom stereocenters. The molecular weight excluding hydrogens is 216 g/mol. The Balaban J connectivity index is 1.97. The highest BCUT2D eigenvalue weighted by Crippen LogP contribution is 2.13. The third-order valence-electron chi connectivity index (χ3n) is 2.34. The van der Waals surface area contributed by atoms with E-state index in [4.69, 9.17) is 5.73 Å². The van der Waals surface area contributed by atoms with E-state index in [-0.39, 0.29) is 0 Å². The van der Waals surface area contributed by atoms with Crippen LogP contribution in [0.2, 0.25) is 0 Å². The molecule has 0 saturated carbocycles. The van der Waals surface area contributed by atoms with Gasteiger partial charge in [-0.2, -0.15) is 0 Å². The van der Waals surface area contributed by atoms with Gasteiger partial charge in [-0.1, -0.05) is 12.1 Å². The summed E-state index contributed by atoms with van der Waals surface area (Å²) in [4.78, 5) is 0.970. The summed E-state index contributed by atoms with van der Waals surface area (Å²) in [7, 11) is 0. The van der Waals surface area contributed by atoms with Gasteiger partial charge in [-0.15, -0.1) is 12.6 Å². The molecule has 0 heterocycles. The lowest BCUT2D eigenvalue weighted by molar-refractivity contribution is 1.15. The van der Waals surface area contributed by atoms with Crippen LogP contribution in [0.25, 0.3) is 0 Å². The van der Waals surface area contributed by atoms with Gasteiger partial charge in [0, 0.05) is 22.8 Å². The molecule has 0 spiro atoms. The van der Waals surface area contributed by atoms with Crippen molar-refractivity contribution in [2.75, 3.05) is 11.1 Å². The number of hydrogen-bond acceptors (Lipinski definition) is 3. The van der Waals surface area contributed by atoms with E-state index in [1.807, 2.05) is 48.5 Å². The Bertz CT molecular complexity index is 403. The van der Waals surface area contributed by atoms with E-state index in [9.17, 15) is 0 Å². The lowest BCUT2D eigenvalue weighted by Crippen LogP contribution is -1.99. The average Bonchev–Trinajstić information content (AvgIpc) is 2.30. The van der Waals surface area contributed by atoms with Crippen LogP contribution in [-0.4, -0.2) is 0 Å². The molecule has 0 amide bonds. The molecule has 2 aromatic carbocycles. The van der Waals surface area contributed by atoms with Gasteiger partial charge in [0.05, 0.1) is 0 Å². The Morgan fingerprint density at radius 2 is 1.56 bits per heavy atom. The number of thiol groups is 1. The average molecular weight is 230 g/mol. The number of nitrogen functional groups attached to an aromatic ring is 1. The molecule has 2 rings (SSSR count). The summed E-state index contributed by atoms with van der Waals surface area (Å²) in [5.74, 6) is 0. The fourth-order valence-electron chi connectivity index (χ4n) is 1.42. The summed E-state index contributed by atoms with van der Waals surface area (Å²) in [6.07, 6.45) is 0. The molecule has 0 atom stereocenters. The van der Waals surface area contributed by atoms with Crippen LogP contribution >= 0.6 is 12.6 Å². The van der Waals surface area contributed by atoms with Crippen molar-refractivity contribution in [2.45, 2.75) is 11.4 Å². The van der Waals surface area contributed by atoms with E-state index in [0.29, 0.717) is 0 Å². The Hall–Kier alpha value is -1.61. The van der Waals surface area contributed by atoms with Crippen molar-refractivity contribution in [2.24, 2.45) is 0 Å². The van der Waals surface area contributed by atoms with Gasteiger partial charge in [-0.05, 0) is 42.0 Å². The minimum Gasteiger partial charge on any atom is -0.399 e. The summed E-state index contributed by atoms with van der Waals surface area (Å²) in [5.41, 5.74) is 8.72. The number of anilines is 2. The van der Waals surface area contributed by atoms with Crippen LogP contribution in [0.15, 0.2) is 53.4 Å². The van der Waals surface area contributed by atoms with Gasteiger partial charge in [0.25, 0.3) is 0 Å². The van der Waals surface area contributed by atoms with E-state index in [2.05, 4.69) is 17.9 Å². The molecule has 0 saturated heterocycles. The van der Waals surface area contributed by atoms with Gasteiger partial charge in [0.2, 0.25) is 0 Å². The van der Waals surface area contributed by atoms with Crippen LogP contribution in [-0.2, 0) is 6.54 Å². The summed E-state index contributed by atoms with van der Waals surface area (Å²) in [5, 5.41) is 3.33. The van der Waals surface area contributed by atoms with Crippen LogP contribution in [0.1, 0.15) is 5.56 Å². The van der Waals surface area contributed by atoms with Crippen LogP contribution in [0.5, 0.6) is 0 Å². The second kappa shape index (κ2) is 4.94. The Kier molecular flexibility index (Phi) is 3.37. The van der Waals surface area contributed by atoms with Crippen LogP contribution in [0, 0.1) is 0 Å². The Morgan fingerprint density at radius 3 is 2.19 bits per heavy atom. The number of rotatable bonds is 3. The van der Waals surface area contributed by atoms with Gasteiger partial charge >= 0.3 is 0 Å². The first-order valence-corrected chi connectivity index (χ1v) is 5.56. The van der Waals surface area contributed by atoms with Crippen molar-refractivity contribution in [1.82, 2.24) is 0 Å². The topological polar surface area (TPSA) is 38.0 Å². The lowest BCUT2D eigenvalue weighted by atomic mass is 10.2. The quantitative estimate of drug-likeness (QED) is 0.559. The van der Waals surface area contributed by atoms with E-state index < -0.39 is 0 Å².